The Bertz CT molecular complexity index is 589. The lowest BCUT2D eigenvalue weighted by atomic mass is 10.1. The lowest BCUT2D eigenvalue weighted by molar-refractivity contribution is -0.132. The smallest absolute Gasteiger partial charge is 0.242 e. The van der Waals surface area contributed by atoms with Gasteiger partial charge in [-0.15, -0.1) is 0 Å². The quantitative estimate of drug-likeness (QED) is 0.748. The van der Waals surface area contributed by atoms with E-state index in [9.17, 15) is 4.79 Å². The van der Waals surface area contributed by atoms with Crippen molar-refractivity contribution in [2.75, 3.05) is 57.2 Å². The van der Waals surface area contributed by atoms with E-state index in [0.717, 1.165) is 49.6 Å². The molecule has 2 aliphatic heterocycles. The van der Waals surface area contributed by atoms with Crippen LogP contribution < -0.4 is 15.5 Å². The number of anilines is 2. The maximum Gasteiger partial charge on any atom is 0.242 e. The van der Waals surface area contributed by atoms with Gasteiger partial charge in [0.1, 0.15) is 18.0 Å². The molecule has 1 unspecified atom stereocenters. The first-order valence-electron chi connectivity index (χ1n) is 8.98. The van der Waals surface area contributed by atoms with Crippen LogP contribution in [0.4, 0.5) is 11.6 Å². The van der Waals surface area contributed by atoms with Crippen molar-refractivity contribution < 1.29 is 9.53 Å². The zero-order valence-electron chi connectivity index (χ0n) is 15.1. The van der Waals surface area contributed by atoms with Gasteiger partial charge in [-0.25, -0.2) is 9.97 Å². The lowest BCUT2D eigenvalue weighted by Crippen LogP contribution is -2.43. The highest BCUT2D eigenvalue weighted by Gasteiger charge is 2.31. The van der Waals surface area contributed by atoms with Gasteiger partial charge in [0.25, 0.3) is 0 Å². The molecule has 1 fully saturated rings. The summed E-state index contributed by atoms with van der Waals surface area (Å²) < 4.78 is 5.11. The standard InChI is InChI=1S/C17H28N6O2/c1-22-11-15(24)23(13-4-3-6-18-7-5-13)10-14-16(19-8-9-25-2)20-12-21-17(14)22/h12-13,18H,3-11H2,1-2H3,(H,19,20,21). The Hall–Kier alpha value is -1.93. The number of rotatable bonds is 5. The number of hydrogen-bond acceptors (Lipinski definition) is 7. The van der Waals surface area contributed by atoms with Gasteiger partial charge in [0.05, 0.1) is 25.3 Å². The number of nitrogens with zero attached hydrogens (tertiary/aromatic N) is 4. The van der Waals surface area contributed by atoms with Crippen LogP contribution in [-0.2, 0) is 16.1 Å². The Labute approximate surface area is 148 Å². The number of hydrogen-bond donors (Lipinski definition) is 2. The monoisotopic (exact) mass is 348 g/mol. The molecule has 0 bridgehead atoms. The van der Waals surface area contributed by atoms with Crippen molar-refractivity contribution in [2.45, 2.75) is 31.8 Å². The average molecular weight is 348 g/mol. The summed E-state index contributed by atoms with van der Waals surface area (Å²) in [5.41, 5.74) is 0.990. The molecule has 25 heavy (non-hydrogen) atoms. The van der Waals surface area contributed by atoms with Gasteiger partial charge in [-0.2, -0.15) is 0 Å². The van der Waals surface area contributed by atoms with Gasteiger partial charge in [-0.3, -0.25) is 4.79 Å². The van der Waals surface area contributed by atoms with E-state index in [0.29, 0.717) is 26.2 Å². The first-order valence-corrected chi connectivity index (χ1v) is 8.98. The largest absolute Gasteiger partial charge is 0.383 e. The maximum absolute atomic E-state index is 12.9. The van der Waals surface area contributed by atoms with E-state index in [1.165, 1.54) is 0 Å². The summed E-state index contributed by atoms with van der Waals surface area (Å²) in [6.45, 7) is 4.17. The van der Waals surface area contributed by atoms with Crippen LogP contribution in [0.3, 0.4) is 0 Å². The van der Waals surface area contributed by atoms with Crippen molar-refractivity contribution in [2.24, 2.45) is 0 Å². The van der Waals surface area contributed by atoms with Gasteiger partial charge in [0, 0.05) is 26.7 Å². The molecule has 2 aliphatic rings. The van der Waals surface area contributed by atoms with Crippen molar-refractivity contribution in [3.8, 4) is 0 Å². The minimum atomic E-state index is 0.162. The van der Waals surface area contributed by atoms with Crippen LogP contribution in [0.2, 0.25) is 0 Å². The fourth-order valence-corrected chi connectivity index (χ4v) is 3.57. The zero-order chi connectivity index (χ0) is 17.6. The summed E-state index contributed by atoms with van der Waals surface area (Å²) in [7, 11) is 3.59. The normalized spacial score (nSPS) is 21.5. The van der Waals surface area contributed by atoms with E-state index in [1.54, 1.807) is 13.4 Å². The summed E-state index contributed by atoms with van der Waals surface area (Å²) in [6.07, 6.45) is 4.68. The molecule has 3 rings (SSSR count). The Morgan fingerprint density at radius 1 is 1.32 bits per heavy atom. The zero-order valence-corrected chi connectivity index (χ0v) is 15.1. The molecule has 0 spiro atoms. The molecular weight excluding hydrogens is 320 g/mol. The minimum absolute atomic E-state index is 0.162. The Morgan fingerprint density at radius 2 is 2.20 bits per heavy atom. The van der Waals surface area contributed by atoms with Gasteiger partial charge in [-0.05, 0) is 32.4 Å². The molecule has 0 saturated carbocycles. The second kappa shape index (κ2) is 8.44. The highest BCUT2D eigenvalue weighted by Crippen LogP contribution is 2.29. The molecule has 1 atom stereocenters. The number of amides is 1. The highest BCUT2D eigenvalue weighted by atomic mass is 16.5. The molecule has 1 amide bonds. The molecule has 8 nitrogen and oxygen atoms in total. The lowest BCUT2D eigenvalue weighted by Gasteiger charge is -2.30. The van der Waals surface area contributed by atoms with Crippen LogP contribution in [0.25, 0.3) is 0 Å². The Kier molecular flexibility index (Phi) is 6.04. The molecule has 1 aromatic heterocycles. The summed E-state index contributed by atoms with van der Waals surface area (Å²) in [5, 5.41) is 6.74. The molecule has 8 heteroatoms. The third kappa shape index (κ3) is 4.19. The molecule has 0 radical (unpaired) electrons. The average Bonchev–Trinajstić information content (AvgIpc) is 2.94. The Morgan fingerprint density at radius 3 is 3.04 bits per heavy atom. The third-order valence-electron chi connectivity index (χ3n) is 4.89. The topological polar surface area (TPSA) is 82.6 Å². The fourth-order valence-electron chi connectivity index (χ4n) is 3.57. The van der Waals surface area contributed by atoms with E-state index in [4.69, 9.17) is 4.74 Å². The van der Waals surface area contributed by atoms with Crippen molar-refractivity contribution >= 4 is 17.5 Å². The summed E-state index contributed by atoms with van der Waals surface area (Å²) >= 11 is 0. The number of fused-ring (bicyclic) bond motifs is 1. The maximum atomic E-state index is 12.9. The van der Waals surface area contributed by atoms with Crippen LogP contribution >= 0.6 is 0 Å². The van der Waals surface area contributed by atoms with Crippen molar-refractivity contribution in [1.82, 2.24) is 20.2 Å². The first-order chi connectivity index (χ1) is 12.2. The molecule has 1 aromatic rings. The number of carbonyl (C=O) groups is 1. The summed E-state index contributed by atoms with van der Waals surface area (Å²) in [4.78, 5) is 25.6. The summed E-state index contributed by atoms with van der Waals surface area (Å²) in [6, 6.07) is 0.272. The predicted octanol–water partition coefficient (Wildman–Crippen LogP) is 0.455. The van der Waals surface area contributed by atoms with Crippen LogP contribution in [0, 0.1) is 0 Å². The molecule has 0 aromatic carbocycles. The fraction of sp³-hybridized carbons (Fsp3) is 0.706. The SMILES string of the molecule is COCCNc1ncnc2c1CN(C1CCCNCC1)C(=O)CN2C. The van der Waals surface area contributed by atoms with Gasteiger partial charge in [0.2, 0.25) is 5.91 Å². The van der Waals surface area contributed by atoms with Gasteiger partial charge in [0.15, 0.2) is 0 Å². The minimum Gasteiger partial charge on any atom is -0.383 e. The second-order valence-electron chi connectivity index (χ2n) is 6.66. The van der Waals surface area contributed by atoms with E-state index >= 15 is 0 Å². The van der Waals surface area contributed by atoms with E-state index in [2.05, 4.69) is 20.6 Å². The van der Waals surface area contributed by atoms with Crippen LogP contribution in [0.5, 0.6) is 0 Å². The highest BCUT2D eigenvalue weighted by molar-refractivity contribution is 5.83. The Balaban J connectivity index is 1.86. The van der Waals surface area contributed by atoms with Crippen molar-refractivity contribution in [3.63, 3.8) is 0 Å². The molecule has 2 N–H and O–H groups in total. The van der Waals surface area contributed by atoms with Gasteiger partial charge < -0.3 is 25.2 Å². The number of methoxy groups -OCH3 is 1. The van der Waals surface area contributed by atoms with Crippen LogP contribution in [-0.4, -0.2) is 73.8 Å². The van der Waals surface area contributed by atoms with Crippen LogP contribution in [0.1, 0.15) is 24.8 Å². The number of nitrogens with one attached hydrogen (secondary N) is 2. The third-order valence-corrected chi connectivity index (χ3v) is 4.89. The first kappa shape index (κ1) is 17.9. The molecular formula is C17H28N6O2. The molecule has 0 aliphatic carbocycles. The van der Waals surface area contributed by atoms with Gasteiger partial charge >= 0.3 is 0 Å². The van der Waals surface area contributed by atoms with E-state index in [-0.39, 0.29) is 11.9 Å². The van der Waals surface area contributed by atoms with Crippen LogP contribution in [0.15, 0.2) is 6.33 Å². The molecule has 1 saturated heterocycles. The second-order valence-corrected chi connectivity index (χ2v) is 6.66. The summed E-state index contributed by atoms with van der Waals surface area (Å²) in [5.74, 6) is 1.79. The van der Waals surface area contributed by atoms with Crippen molar-refractivity contribution in [1.29, 1.82) is 0 Å². The van der Waals surface area contributed by atoms with Crippen molar-refractivity contribution in [3.05, 3.63) is 11.9 Å². The molecule has 3 heterocycles. The number of carbonyl (C=O) groups excluding carboxylic acids is 1. The van der Waals surface area contributed by atoms with Gasteiger partial charge in [-0.1, -0.05) is 0 Å². The van der Waals surface area contributed by atoms with E-state index < -0.39 is 0 Å². The number of ether oxygens (including phenoxy) is 1. The number of aromatic nitrogens is 2. The van der Waals surface area contributed by atoms with E-state index in [1.807, 2.05) is 16.8 Å². The number of likely N-dealkylation sites (N-methyl/N-ethyl adjacent to an activating group) is 1. The predicted molar refractivity (Wildman–Crippen MR) is 96.7 cm³/mol. The molecule has 138 valence electrons.